The number of hydrogen-bond donors (Lipinski definition) is 0. The average Bonchev–Trinajstić information content (AvgIpc) is 2.20. The molecule has 0 saturated heterocycles. The second-order valence-corrected chi connectivity index (χ2v) is 4.14. The van der Waals surface area contributed by atoms with Crippen molar-refractivity contribution < 1.29 is 18.7 Å². The molecule has 0 aliphatic heterocycles. The maximum atomic E-state index is 13.3. The molecule has 0 bridgehead atoms. The van der Waals surface area contributed by atoms with Crippen LogP contribution in [0.4, 0.5) is 4.39 Å². The van der Waals surface area contributed by atoms with Crippen LogP contribution in [0.1, 0.15) is 26.3 Å². The third-order valence-electron chi connectivity index (χ3n) is 2.11. The lowest BCUT2D eigenvalue weighted by Gasteiger charge is -2.17. The van der Waals surface area contributed by atoms with Crippen molar-refractivity contribution in [3.8, 4) is 11.5 Å². The summed E-state index contributed by atoms with van der Waals surface area (Å²) in [6.07, 6.45) is 0.0657. The second-order valence-electron chi connectivity index (χ2n) is 4.14. The number of hydrogen-bond acceptors (Lipinski definition) is 3. The Labute approximate surface area is 101 Å². The number of carbonyl (C=O) groups is 1. The molecule has 1 aromatic carbocycles. The van der Waals surface area contributed by atoms with E-state index in [0.29, 0.717) is 17.1 Å². The Morgan fingerprint density at radius 3 is 2.53 bits per heavy atom. The number of benzene rings is 1. The highest BCUT2D eigenvalue weighted by molar-refractivity contribution is 5.79. The first-order valence-electron chi connectivity index (χ1n) is 5.46. The molecule has 0 aliphatic rings. The topological polar surface area (TPSA) is 35.5 Å². The first kappa shape index (κ1) is 13.5. The minimum absolute atomic E-state index is 0.0498. The van der Waals surface area contributed by atoms with Gasteiger partial charge in [-0.1, -0.05) is 0 Å². The molecule has 0 amide bonds. The van der Waals surface area contributed by atoms with Crippen molar-refractivity contribution in [3.63, 3.8) is 0 Å². The van der Waals surface area contributed by atoms with Crippen LogP contribution in [0.2, 0.25) is 0 Å². The highest BCUT2D eigenvalue weighted by Gasteiger charge is 2.15. The monoisotopic (exact) mass is 240 g/mol. The van der Waals surface area contributed by atoms with E-state index in [1.807, 2.05) is 13.8 Å². The Bertz CT molecular complexity index is 413. The standard InChI is InChI=1S/C13H17FO3/c1-8(2)17-13-10(5-9(3)15)6-11(14)7-12(13)16-4/h6-8H,5H2,1-4H3. The van der Waals surface area contributed by atoms with Crippen LogP contribution in [0.15, 0.2) is 12.1 Å². The van der Waals surface area contributed by atoms with Crippen molar-refractivity contribution in [1.82, 2.24) is 0 Å². The van der Waals surface area contributed by atoms with Crippen LogP contribution in [0, 0.1) is 5.82 Å². The van der Waals surface area contributed by atoms with Gasteiger partial charge in [-0.15, -0.1) is 0 Å². The van der Waals surface area contributed by atoms with Gasteiger partial charge in [0.05, 0.1) is 13.2 Å². The molecule has 4 heteroatoms. The Hall–Kier alpha value is -1.58. The Morgan fingerprint density at radius 1 is 1.41 bits per heavy atom. The summed E-state index contributed by atoms with van der Waals surface area (Å²) in [5, 5.41) is 0. The van der Waals surface area contributed by atoms with Gasteiger partial charge in [0.1, 0.15) is 11.6 Å². The van der Waals surface area contributed by atoms with Gasteiger partial charge in [-0.05, 0) is 26.8 Å². The lowest BCUT2D eigenvalue weighted by atomic mass is 10.1. The van der Waals surface area contributed by atoms with E-state index in [4.69, 9.17) is 9.47 Å². The summed E-state index contributed by atoms with van der Waals surface area (Å²) in [6.45, 7) is 5.18. The van der Waals surface area contributed by atoms with E-state index in [9.17, 15) is 9.18 Å². The molecule has 0 spiro atoms. The highest BCUT2D eigenvalue weighted by atomic mass is 19.1. The fraction of sp³-hybridized carbons (Fsp3) is 0.462. The molecular weight excluding hydrogens is 223 g/mol. The van der Waals surface area contributed by atoms with E-state index in [2.05, 4.69) is 0 Å². The number of rotatable bonds is 5. The predicted octanol–water partition coefficient (Wildman–Crippen LogP) is 2.75. The molecule has 0 aliphatic carbocycles. The zero-order valence-electron chi connectivity index (χ0n) is 10.5. The third-order valence-corrected chi connectivity index (χ3v) is 2.11. The lowest BCUT2D eigenvalue weighted by molar-refractivity contribution is -0.116. The van der Waals surface area contributed by atoms with Gasteiger partial charge in [0.2, 0.25) is 0 Å². The molecule has 1 aromatic rings. The molecule has 0 atom stereocenters. The molecule has 3 nitrogen and oxygen atoms in total. The van der Waals surface area contributed by atoms with E-state index < -0.39 is 5.82 Å². The smallest absolute Gasteiger partial charge is 0.165 e. The number of ketones is 1. The SMILES string of the molecule is COc1cc(F)cc(CC(C)=O)c1OC(C)C. The molecule has 0 fully saturated rings. The Kier molecular flexibility index (Phi) is 4.49. The van der Waals surface area contributed by atoms with Crippen molar-refractivity contribution in [2.45, 2.75) is 33.3 Å². The predicted molar refractivity (Wildman–Crippen MR) is 63.1 cm³/mol. The van der Waals surface area contributed by atoms with Crippen LogP contribution in [0.25, 0.3) is 0 Å². The van der Waals surface area contributed by atoms with Crippen LogP contribution in [-0.4, -0.2) is 19.0 Å². The van der Waals surface area contributed by atoms with E-state index in [1.54, 1.807) is 0 Å². The van der Waals surface area contributed by atoms with E-state index in [1.165, 1.54) is 26.2 Å². The van der Waals surface area contributed by atoms with Crippen LogP contribution in [0.5, 0.6) is 11.5 Å². The zero-order chi connectivity index (χ0) is 13.0. The van der Waals surface area contributed by atoms with Crippen molar-refractivity contribution >= 4 is 5.78 Å². The summed E-state index contributed by atoms with van der Waals surface area (Å²) in [4.78, 5) is 11.1. The Balaban J connectivity index is 3.22. The molecule has 17 heavy (non-hydrogen) atoms. The summed E-state index contributed by atoms with van der Waals surface area (Å²) in [6, 6.07) is 2.56. The van der Waals surface area contributed by atoms with Crippen molar-refractivity contribution in [1.29, 1.82) is 0 Å². The van der Waals surface area contributed by atoms with Crippen LogP contribution >= 0.6 is 0 Å². The minimum atomic E-state index is -0.436. The molecule has 0 heterocycles. The maximum Gasteiger partial charge on any atom is 0.165 e. The van der Waals surface area contributed by atoms with Crippen molar-refractivity contribution in [3.05, 3.63) is 23.5 Å². The summed E-state index contributed by atoms with van der Waals surface area (Å²) in [5.41, 5.74) is 0.517. The third kappa shape index (κ3) is 3.73. The molecule has 0 saturated carbocycles. The normalized spacial score (nSPS) is 10.5. The van der Waals surface area contributed by atoms with Gasteiger partial charge >= 0.3 is 0 Å². The molecule has 0 radical (unpaired) electrons. The van der Waals surface area contributed by atoms with E-state index in [-0.39, 0.29) is 18.3 Å². The number of Topliss-reactive ketones (excluding diaryl/α,β-unsaturated/α-hetero) is 1. The van der Waals surface area contributed by atoms with E-state index >= 15 is 0 Å². The number of ether oxygens (including phenoxy) is 2. The number of methoxy groups -OCH3 is 1. The molecular formula is C13H17FO3. The number of halogens is 1. The Morgan fingerprint density at radius 2 is 2.06 bits per heavy atom. The van der Waals surface area contributed by atoms with Gasteiger partial charge < -0.3 is 9.47 Å². The molecule has 94 valence electrons. The first-order chi connectivity index (χ1) is 7.93. The summed E-state index contributed by atoms with van der Waals surface area (Å²) in [7, 11) is 1.44. The quantitative estimate of drug-likeness (QED) is 0.793. The van der Waals surface area contributed by atoms with Crippen molar-refractivity contribution in [2.75, 3.05) is 7.11 Å². The molecule has 0 N–H and O–H groups in total. The van der Waals surface area contributed by atoms with Crippen molar-refractivity contribution in [2.24, 2.45) is 0 Å². The van der Waals surface area contributed by atoms with Gasteiger partial charge in [-0.25, -0.2) is 4.39 Å². The summed E-state index contributed by atoms with van der Waals surface area (Å²) >= 11 is 0. The first-order valence-corrected chi connectivity index (χ1v) is 5.46. The minimum Gasteiger partial charge on any atom is -0.493 e. The summed E-state index contributed by atoms with van der Waals surface area (Å²) in [5.74, 6) is 0.273. The van der Waals surface area contributed by atoms with Gasteiger partial charge in [0, 0.05) is 18.1 Å². The van der Waals surface area contributed by atoms with Gasteiger partial charge in [0.15, 0.2) is 11.5 Å². The lowest BCUT2D eigenvalue weighted by Crippen LogP contribution is -2.10. The number of carbonyl (C=O) groups excluding carboxylic acids is 1. The van der Waals surface area contributed by atoms with Gasteiger partial charge in [-0.3, -0.25) is 4.79 Å². The van der Waals surface area contributed by atoms with E-state index in [0.717, 1.165) is 0 Å². The zero-order valence-corrected chi connectivity index (χ0v) is 10.5. The fourth-order valence-corrected chi connectivity index (χ4v) is 1.54. The molecule has 1 rings (SSSR count). The summed E-state index contributed by atoms with van der Waals surface area (Å²) < 4.78 is 24.0. The highest BCUT2D eigenvalue weighted by Crippen LogP contribution is 2.33. The maximum absolute atomic E-state index is 13.3. The average molecular weight is 240 g/mol. The van der Waals surface area contributed by atoms with Crippen LogP contribution < -0.4 is 9.47 Å². The molecule has 0 aromatic heterocycles. The van der Waals surface area contributed by atoms with Gasteiger partial charge in [-0.2, -0.15) is 0 Å². The largest absolute Gasteiger partial charge is 0.493 e. The van der Waals surface area contributed by atoms with Gasteiger partial charge in [0.25, 0.3) is 0 Å². The molecule has 0 unspecified atom stereocenters. The van der Waals surface area contributed by atoms with Crippen LogP contribution in [0.3, 0.4) is 0 Å². The second kappa shape index (κ2) is 5.66. The van der Waals surface area contributed by atoms with Crippen LogP contribution in [-0.2, 0) is 11.2 Å². The fourth-order valence-electron chi connectivity index (χ4n) is 1.54.